The number of aliphatic imine (C=N–C) groups is 1. The van der Waals surface area contributed by atoms with E-state index in [-0.39, 0.29) is 12.6 Å². The summed E-state index contributed by atoms with van der Waals surface area (Å²) in [5.74, 6) is 2.79. The fraction of sp³-hybridized carbons (Fsp3) is 0.632. The predicted octanol–water partition coefficient (Wildman–Crippen LogP) is 2.79. The van der Waals surface area contributed by atoms with Crippen LogP contribution in [0.3, 0.4) is 0 Å². The van der Waals surface area contributed by atoms with Crippen LogP contribution in [0.15, 0.2) is 17.1 Å². The van der Waals surface area contributed by atoms with Gasteiger partial charge in [0.05, 0.1) is 6.61 Å². The molecule has 3 rings (SSSR count). The summed E-state index contributed by atoms with van der Waals surface area (Å²) in [5.41, 5.74) is 1.66. The maximum Gasteiger partial charge on any atom is 0.193 e. The number of hydrogen-bond acceptors (Lipinski definition) is 3. The van der Waals surface area contributed by atoms with Gasteiger partial charge in [-0.3, -0.25) is 4.99 Å². The summed E-state index contributed by atoms with van der Waals surface area (Å²) in [4.78, 5) is 6.75. The van der Waals surface area contributed by atoms with Crippen LogP contribution >= 0.6 is 0 Å². The molecule has 2 heterocycles. The molecule has 0 aromatic heterocycles. The lowest BCUT2D eigenvalue weighted by atomic mass is 9.92. The monoisotopic (exact) mass is 349 g/mol. The molecule has 0 bridgehead atoms. The van der Waals surface area contributed by atoms with E-state index in [4.69, 9.17) is 9.47 Å². The van der Waals surface area contributed by atoms with Gasteiger partial charge in [-0.15, -0.1) is 0 Å². The number of nitrogens with zero attached hydrogens (tertiary/aromatic N) is 2. The van der Waals surface area contributed by atoms with E-state index in [0.29, 0.717) is 31.4 Å². The van der Waals surface area contributed by atoms with Gasteiger partial charge in [-0.05, 0) is 42.4 Å². The molecule has 1 fully saturated rings. The molecule has 0 amide bonds. The first kappa shape index (κ1) is 18.0. The van der Waals surface area contributed by atoms with E-state index in [1.165, 1.54) is 12.5 Å². The van der Waals surface area contributed by atoms with Crippen molar-refractivity contribution in [1.82, 2.24) is 10.2 Å². The van der Waals surface area contributed by atoms with Crippen LogP contribution in [0.4, 0.5) is 4.39 Å². The quantitative estimate of drug-likeness (QED) is 0.673. The minimum absolute atomic E-state index is 0.226. The molecule has 1 aromatic carbocycles. The number of fused-ring (bicyclic) bond motifs is 1. The van der Waals surface area contributed by atoms with Gasteiger partial charge in [0.1, 0.15) is 11.6 Å². The van der Waals surface area contributed by atoms with Gasteiger partial charge in [-0.1, -0.05) is 13.8 Å². The van der Waals surface area contributed by atoms with Crippen LogP contribution in [-0.4, -0.2) is 44.3 Å². The molecule has 138 valence electrons. The van der Waals surface area contributed by atoms with Crippen molar-refractivity contribution in [3.05, 3.63) is 29.1 Å². The molecule has 0 radical (unpaired) electrons. The number of benzene rings is 1. The van der Waals surface area contributed by atoms with E-state index in [1.807, 2.05) is 7.05 Å². The molecule has 1 aromatic rings. The minimum atomic E-state index is -0.245. The molecular weight excluding hydrogens is 321 g/mol. The fourth-order valence-electron chi connectivity index (χ4n) is 3.92. The highest BCUT2D eigenvalue weighted by Crippen LogP contribution is 2.29. The molecule has 2 aliphatic rings. The van der Waals surface area contributed by atoms with Crippen LogP contribution in [0.5, 0.6) is 5.75 Å². The molecule has 25 heavy (non-hydrogen) atoms. The molecule has 0 saturated carbocycles. The third-order valence-electron chi connectivity index (χ3n) is 4.81. The number of likely N-dealkylation sites (tertiary alicyclic amines) is 1. The molecule has 5 nitrogen and oxygen atoms in total. The summed E-state index contributed by atoms with van der Waals surface area (Å²) < 4.78 is 24.6. The lowest BCUT2D eigenvalue weighted by Gasteiger charge is -2.37. The summed E-state index contributed by atoms with van der Waals surface area (Å²) in [6, 6.07) is 3.04. The molecule has 6 heteroatoms. The smallest absolute Gasteiger partial charge is 0.193 e. The van der Waals surface area contributed by atoms with Crippen molar-refractivity contribution >= 4 is 5.96 Å². The Balaban J connectivity index is 1.61. The van der Waals surface area contributed by atoms with Crippen LogP contribution in [0, 0.1) is 17.7 Å². The van der Waals surface area contributed by atoms with Crippen molar-refractivity contribution in [2.24, 2.45) is 16.8 Å². The van der Waals surface area contributed by atoms with E-state index in [0.717, 1.165) is 35.9 Å². The molecule has 1 N–H and O–H groups in total. The number of halogens is 1. The number of piperidine rings is 1. The van der Waals surface area contributed by atoms with E-state index >= 15 is 0 Å². The molecule has 0 aliphatic carbocycles. The topological polar surface area (TPSA) is 46.1 Å². The Bertz CT molecular complexity index is 625. The predicted molar refractivity (Wildman–Crippen MR) is 96.3 cm³/mol. The van der Waals surface area contributed by atoms with Crippen molar-refractivity contribution in [3.63, 3.8) is 0 Å². The normalized spacial score (nSPS) is 23.8. The Hall–Kier alpha value is -1.82. The van der Waals surface area contributed by atoms with Crippen molar-refractivity contribution < 1.29 is 13.9 Å². The third kappa shape index (κ3) is 4.42. The van der Waals surface area contributed by atoms with Crippen LogP contribution in [0.2, 0.25) is 0 Å². The Kier molecular flexibility index (Phi) is 5.78. The van der Waals surface area contributed by atoms with E-state index < -0.39 is 0 Å². The molecule has 0 spiro atoms. The molecule has 1 saturated heterocycles. The van der Waals surface area contributed by atoms with E-state index in [1.54, 1.807) is 6.07 Å². The first-order valence-corrected chi connectivity index (χ1v) is 9.04. The highest BCUT2D eigenvalue weighted by atomic mass is 19.1. The van der Waals surface area contributed by atoms with Gasteiger partial charge >= 0.3 is 0 Å². The second-order valence-electron chi connectivity index (χ2n) is 7.24. The van der Waals surface area contributed by atoms with Crippen molar-refractivity contribution in [1.29, 1.82) is 0 Å². The van der Waals surface area contributed by atoms with Gasteiger partial charge in [0.25, 0.3) is 0 Å². The Labute approximate surface area is 149 Å². The second kappa shape index (κ2) is 8.04. The average molecular weight is 349 g/mol. The zero-order valence-electron chi connectivity index (χ0n) is 15.3. The lowest BCUT2D eigenvalue weighted by Crippen LogP contribution is -2.48. The summed E-state index contributed by atoms with van der Waals surface area (Å²) >= 11 is 0. The van der Waals surface area contributed by atoms with E-state index in [2.05, 4.69) is 29.1 Å². The SMILES string of the molecule is CN=C(NCCc1cc(F)cc2c1OCOC2)N1CC(C)CC(C)C1. The Morgan fingerprint density at radius 1 is 1.32 bits per heavy atom. The fourth-order valence-corrected chi connectivity index (χ4v) is 3.92. The van der Waals surface area contributed by atoms with Crippen molar-refractivity contribution in [2.45, 2.75) is 33.3 Å². The standard InChI is InChI=1S/C19H28FN3O2/c1-13-6-14(2)10-23(9-13)19(21-3)22-5-4-15-7-17(20)8-16-11-24-12-25-18(15)16/h7-8,13-14H,4-6,9-12H2,1-3H3,(H,21,22). The number of ether oxygens (including phenoxy) is 2. The van der Waals surface area contributed by atoms with Gasteiger partial charge in [-0.25, -0.2) is 4.39 Å². The minimum Gasteiger partial charge on any atom is -0.467 e. The molecule has 2 unspecified atom stereocenters. The molecular formula is C19H28FN3O2. The lowest BCUT2D eigenvalue weighted by molar-refractivity contribution is -0.0172. The molecule has 2 atom stereocenters. The number of guanidine groups is 1. The maximum absolute atomic E-state index is 13.8. The van der Waals surface area contributed by atoms with Crippen LogP contribution in [-0.2, 0) is 17.8 Å². The van der Waals surface area contributed by atoms with Gasteiger partial charge in [0.2, 0.25) is 0 Å². The van der Waals surface area contributed by atoms with Crippen molar-refractivity contribution in [2.75, 3.05) is 33.5 Å². The van der Waals surface area contributed by atoms with Crippen LogP contribution < -0.4 is 10.1 Å². The summed E-state index contributed by atoms with van der Waals surface area (Å²) in [7, 11) is 1.82. The van der Waals surface area contributed by atoms with Crippen LogP contribution in [0.1, 0.15) is 31.4 Å². The van der Waals surface area contributed by atoms with Gasteiger partial charge in [0.15, 0.2) is 12.8 Å². The van der Waals surface area contributed by atoms with Gasteiger partial charge < -0.3 is 19.7 Å². The van der Waals surface area contributed by atoms with Gasteiger partial charge in [0, 0.05) is 32.2 Å². The summed E-state index contributed by atoms with van der Waals surface area (Å²) in [6.45, 7) is 7.94. The Morgan fingerprint density at radius 3 is 2.80 bits per heavy atom. The highest BCUT2D eigenvalue weighted by Gasteiger charge is 2.24. The zero-order valence-corrected chi connectivity index (χ0v) is 15.3. The summed E-state index contributed by atoms with van der Waals surface area (Å²) in [5, 5.41) is 3.42. The maximum atomic E-state index is 13.8. The largest absolute Gasteiger partial charge is 0.467 e. The number of hydrogen-bond donors (Lipinski definition) is 1. The summed E-state index contributed by atoms with van der Waals surface area (Å²) in [6.07, 6.45) is 1.94. The van der Waals surface area contributed by atoms with Gasteiger partial charge in [-0.2, -0.15) is 0 Å². The number of nitrogens with one attached hydrogen (secondary N) is 1. The first-order chi connectivity index (χ1) is 12.1. The Morgan fingerprint density at radius 2 is 2.08 bits per heavy atom. The average Bonchev–Trinajstić information content (AvgIpc) is 2.57. The third-order valence-corrected chi connectivity index (χ3v) is 4.81. The van der Waals surface area contributed by atoms with Crippen molar-refractivity contribution in [3.8, 4) is 5.75 Å². The first-order valence-electron chi connectivity index (χ1n) is 9.04. The van der Waals surface area contributed by atoms with Crippen LogP contribution in [0.25, 0.3) is 0 Å². The number of rotatable bonds is 3. The highest BCUT2D eigenvalue weighted by molar-refractivity contribution is 5.80. The van der Waals surface area contributed by atoms with E-state index in [9.17, 15) is 4.39 Å². The molecule has 2 aliphatic heterocycles. The zero-order chi connectivity index (χ0) is 17.8. The second-order valence-corrected chi connectivity index (χ2v) is 7.24.